The highest BCUT2D eigenvalue weighted by Gasteiger charge is 2.32. The summed E-state index contributed by atoms with van der Waals surface area (Å²) in [5.41, 5.74) is 0. The first-order valence-electron chi connectivity index (χ1n) is 6.27. The molecule has 0 bridgehead atoms. The summed E-state index contributed by atoms with van der Waals surface area (Å²) in [5, 5.41) is 9.66. The Morgan fingerprint density at radius 3 is 2.47 bits per heavy atom. The molecule has 6 heteroatoms. The average Bonchev–Trinajstić information content (AvgIpc) is 2.41. The molecular weight excluding hydrogens is 266 g/mol. The van der Waals surface area contributed by atoms with Gasteiger partial charge in [0.15, 0.2) is 0 Å². The maximum absolute atomic E-state index is 12.4. The van der Waals surface area contributed by atoms with Crippen LogP contribution in [0.5, 0.6) is 5.75 Å². The lowest BCUT2D eigenvalue weighted by Gasteiger charge is -2.33. The van der Waals surface area contributed by atoms with Crippen LogP contribution in [0.3, 0.4) is 0 Å². The van der Waals surface area contributed by atoms with Gasteiger partial charge in [0, 0.05) is 13.1 Å². The van der Waals surface area contributed by atoms with E-state index in [0.29, 0.717) is 25.3 Å². The van der Waals surface area contributed by atoms with E-state index in [2.05, 4.69) is 0 Å². The molecule has 1 aliphatic heterocycles. The van der Waals surface area contributed by atoms with E-state index in [-0.39, 0.29) is 10.8 Å². The highest BCUT2D eigenvalue weighted by Crippen LogP contribution is 2.24. The summed E-state index contributed by atoms with van der Waals surface area (Å²) >= 11 is 0. The minimum Gasteiger partial charge on any atom is -0.497 e. The molecule has 106 valence electrons. The van der Waals surface area contributed by atoms with Gasteiger partial charge in [0.2, 0.25) is 10.0 Å². The van der Waals surface area contributed by atoms with Crippen molar-refractivity contribution in [2.45, 2.75) is 24.3 Å². The molecule has 0 aromatic heterocycles. The molecule has 0 radical (unpaired) electrons. The van der Waals surface area contributed by atoms with E-state index in [9.17, 15) is 13.5 Å². The number of sulfonamides is 1. The molecule has 1 aliphatic rings. The minimum absolute atomic E-state index is 0.0400. The fraction of sp³-hybridized carbons (Fsp3) is 0.538. The van der Waals surface area contributed by atoms with E-state index < -0.39 is 16.1 Å². The zero-order chi connectivity index (χ0) is 14.0. The number of aliphatic hydroxyl groups excluding tert-OH is 1. The lowest BCUT2D eigenvalue weighted by molar-refractivity contribution is 0.0628. The van der Waals surface area contributed by atoms with Gasteiger partial charge in [-0.15, -0.1) is 0 Å². The number of piperidine rings is 1. The fourth-order valence-electron chi connectivity index (χ4n) is 2.21. The van der Waals surface area contributed by atoms with Crippen molar-refractivity contribution in [2.24, 2.45) is 5.92 Å². The van der Waals surface area contributed by atoms with Gasteiger partial charge in [-0.1, -0.05) is 6.92 Å². The van der Waals surface area contributed by atoms with Crippen molar-refractivity contribution in [3.05, 3.63) is 24.3 Å². The van der Waals surface area contributed by atoms with E-state index >= 15 is 0 Å². The van der Waals surface area contributed by atoms with Crippen LogP contribution >= 0.6 is 0 Å². The molecule has 0 spiro atoms. The second-order valence-electron chi connectivity index (χ2n) is 4.87. The van der Waals surface area contributed by atoms with Gasteiger partial charge in [-0.3, -0.25) is 0 Å². The Hall–Kier alpha value is -1.11. The monoisotopic (exact) mass is 285 g/mol. The Morgan fingerprint density at radius 2 is 1.95 bits per heavy atom. The maximum atomic E-state index is 12.4. The Bertz CT molecular complexity index is 526. The minimum atomic E-state index is -3.48. The molecule has 1 heterocycles. The number of hydrogen-bond donors (Lipinski definition) is 1. The van der Waals surface area contributed by atoms with Crippen LogP contribution in [0.25, 0.3) is 0 Å². The number of rotatable bonds is 3. The van der Waals surface area contributed by atoms with Crippen LogP contribution in [0.15, 0.2) is 29.2 Å². The van der Waals surface area contributed by atoms with Gasteiger partial charge in [-0.2, -0.15) is 4.31 Å². The number of nitrogens with zero attached hydrogens (tertiary/aromatic N) is 1. The van der Waals surface area contributed by atoms with Crippen LogP contribution in [-0.2, 0) is 10.0 Å². The molecule has 1 N–H and O–H groups in total. The van der Waals surface area contributed by atoms with E-state index in [4.69, 9.17) is 4.74 Å². The van der Waals surface area contributed by atoms with Crippen molar-refractivity contribution < 1.29 is 18.3 Å². The van der Waals surface area contributed by atoms with Crippen molar-refractivity contribution in [1.29, 1.82) is 0 Å². The predicted molar refractivity (Wildman–Crippen MR) is 71.5 cm³/mol. The Morgan fingerprint density at radius 1 is 1.32 bits per heavy atom. The summed E-state index contributed by atoms with van der Waals surface area (Å²) in [7, 11) is -1.94. The van der Waals surface area contributed by atoms with Crippen LogP contribution in [0.4, 0.5) is 0 Å². The second kappa shape index (κ2) is 5.48. The summed E-state index contributed by atoms with van der Waals surface area (Å²) in [6, 6.07) is 6.36. The average molecular weight is 285 g/mol. The van der Waals surface area contributed by atoms with Crippen molar-refractivity contribution in [3.8, 4) is 5.75 Å². The van der Waals surface area contributed by atoms with E-state index in [0.717, 1.165) is 0 Å². The Labute approximate surface area is 113 Å². The first-order valence-corrected chi connectivity index (χ1v) is 7.71. The third kappa shape index (κ3) is 2.91. The molecule has 0 aliphatic carbocycles. The van der Waals surface area contributed by atoms with Crippen molar-refractivity contribution in [1.82, 2.24) is 4.31 Å². The van der Waals surface area contributed by atoms with Crippen LogP contribution in [0.2, 0.25) is 0 Å². The summed E-state index contributed by atoms with van der Waals surface area (Å²) < 4.78 is 31.3. The van der Waals surface area contributed by atoms with Crippen molar-refractivity contribution >= 4 is 10.0 Å². The highest BCUT2D eigenvalue weighted by atomic mass is 32.2. The topological polar surface area (TPSA) is 66.8 Å². The lowest BCUT2D eigenvalue weighted by Crippen LogP contribution is -2.44. The standard InChI is InChI=1S/C13H19NO4S/c1-10-9-14(8-7-13(10)15)19(16,17)12-5-3-11(18-2)4-6-12/h3-6,10,13,15H,7-9H2,1-2H3. The number of aliphatic hydroxyl groups is 1. The summed E-state index contributed by atoms with van der Waals surface area (Å²) in [5.74, 6) is 0.586. The van der Waals surface area contributed by atoms with Gasteiger partial charge >= 0.3 is 0 Å². The van der Waals surface area contributed by atoms with Crippen molar-refractivity contribution in [3.63, 3.8) is 0 Å². The number of hydrogen-bond acceptors (Lipinski definition) is 4. The molecule has 5 nitrogen and oxygen atoms in total. The third-order valence-electron chi connectivity index (χ3n) is 3.52. The van der Waals surface area contributed by atoms with Crippen LogP contribution in [0.1, 0.15) is 13.3 Å². The fourth-order valence-corrected chi connectivity index (χ4v) is 3.77. The molecule has 0 amide bonds. The first-order chi connectivity index (χ1) is 8.95. The maximum Gasteiger partial charge on any atom is 0.243 e. The van der Waals surface area contributed by atoms with Gasteiger partial charge in [0.1, 0.15) is 5.75 Å². The number of benzene rings is 1. The zero-order valence-electron chi connectivity index (χ0n) is 11.1. The van der Waals surface area contributed by atoms with E-state index in [1.165, 1.54) is 11.4 Å². The summed E-state index contributed by atoms with van der Waals surface area (Å²) in [6.45, 7) is 2.58. The first kappa shape index (κ1) is 14.3. The molecular formula is C13H19NO4S. The number of methoxy groups -OCH3 is 1. The molecule has 1 fully saturated rings. The van der Waals surface area contributed by atoms with Crippen molar-refractivity contribution in [2.75, 3.05) is 20.2 Å². The van der Waals surface area contributed by atoms with Gasteiger partial charge in [0.05, 0.1) is 18.1 Å². The van der Waals surface area contributed by atoms with Gasteiger partial charge in [0.25, 0.3) is 0 Å². The van der Waals surface area contributed by atoms with Gasteiger partial charge in [-0.05, 0) is 36.6 Å². The Balaban J connectivity index is 2.21. The Kier molecular flexibility index (Phi) is 4.13. The summed E-state index contributed by atoms with van der Waals surface area (Å²) in [6.07, 6.45) is 0.0682. The lowest BCUT2D eigenvalue weighted by atomic mass is 9.99. The largest absolute Gasteiger partial charge is 0.497 e. The van der Waals surface area contributed by atoms with Crippen LogP contribution in [-0.4, -0.2) is 44.1 Å². The van der Waals surface area contributed by atoms with Crippen LogP contribution in [0, 0.1) is 5.92 Å². The molecule has 1 aromatic carbocycles. The molecule has 0 saturated carbocycles. The molecule has 19 heavy (non-hydrogen) atoms. The normalized spacial score (nSPS) is 25.2. The predicted octanol–water partition coefficient (Wildman–Crippen LogP) is 1.09. The molecule has 2 unspecified atom stereocenters. The molecule has 2 rings (SSSR count). The molecule has 2 atom stereocenters. The summed E-state index contributed by atoms with van der Waals surface area (Å²) in [4.78, 5) is 0.261. The van der Waals surface area contributed by atoms with Gasteiger partial charge in [-0.25, -0.2) is 8.42 Å². The van der Waals surface area contributed by atoms with Gasteiger partial charge < -0.3 is 9.84 Å². The third-order valence-corrected chi connectivity index (χ3v) is 5.40. The van der Waals surface area contributed by atoms with E-state index in [1.54, 1.807) is 24.3 Å². The molecule has 1 aromatic rings. The molecule has 1 saturated heterocycles. The smallest absolute Gasteiger partial charge is 0.243 e. The zero-order valence-corrected chi connectivity index (χ0v) is 11.9. The van der Waals surface area contributed by atoms with E-state index in [1.807, 2.05) is 6.92 Å². The SMILES string of the molecule is COc1ccc(S(=O)(=O)N2CCC(O)C(C)C2)cc1. The highest BCUT2D eigenvalue weighted by molar-refractivity contribution is 7.89. The number of ether oxygens (including phenoxy) is 1. The van der Waals surface area contributed by atoms with Crippen LogP contribution < -0.4 is 4.74 Å². The quantitative estimate of drug-likeness (QED) is 0.902. The second-order valence-corrected chi connectivity index (χ2v) is 6.81.